The number of nitrogens with one attached hydrogen (secondary N) is 1. The molecule has 3 rings (SSSR count). The second-order valence-corrected chi connectivity index (χ2v) is 9.28. The highest BCUT2D eigenvalue weighted by molar-refractivity contribution is 7.92. The Morgan fingerprint density at radius 2 is 1.81 bits per heavy atom. The Morgan fingerprint density at radius 1 is 1.13 bits per heavy atom. The summed E-state index contributed by atoms with van der Waals surface area (Å²) in [6.07, 6.45) is 1.39. The molecule has 31 heavy (non-hydrogen) atoms. The van der Waals surface area contributed by atoms with Crippen molar-refractivity contribution in [3.05, 3.63) is 65.5 Å². The van der Waals surface area contributed by atoms with Crippen LogP contribution in [0.15, 0.2) is 53.1 Å². The standard InChI is InChI=1S/C22H26N4O4S/c1-5-19(26(31(4,28)29)18-11-7-9-16(3)13-18)22(27)23-14-20-24-21(25-30-20)17-10-6-8-15(2)12-17/h6-13,19H,5,14H2,1-4H3,(H,23,27)/t19-/m0/s1. The molecule has 0 aliphatic rings. The summed E-state index contributed by atoms with van der Waals surface area (Å²) < 4.78 is 31.4. The summed E-state index contributed by atoms with van der Waals surface area (Å²) in [5.74, 6) is 0.225. The number of carbonyl (C=O) groups is 1. The number of amides is 1. The molecule has 0 spiro atoms. The Morgan fingerprint density at radius 3 is 2.42 bits per heavy atom. The molecule has 164 valence electrons. The van der Waals surface area contributed by atoms with Gasteiger partial charge in [-0.15, -0.1) is 0 Å². The number of aromatic nitrogens is 2. The normalized spacial score (nSPS) is 12.4. The molecule has 3 aromatic rings. The van der Waals surface area contributed by atoms with Gasteiger partial charge in [-0.1, -0.05) is 48.0 Å². The topological polar surface area (TPSA) is 105 Å². The zero-order valence-electron chi connectivity index (χ0n) is 18.0. The van der Waals surface area contributed by atoms with Gasteiger partial charge >= 0.3 is 0 Å². The van der Waals surface area contributed by atoms with Crippen LogP contribution in [0.3, 0.4) is 0 Å². The van der Waals surface area contributed by atoms with Gasteiger partial charge in [0, 0.05) is 5.56 Å². The molecule has 2 aromatic carbocycles. The molecular formula is C22H26N4O4S. The number of nitrogens with zero attached hydrogens (tertiary/aromatic N) is 3. The lowest BCUT2D eigenvalue weighted by Gasteiger charge is -2.30. The van der Waals surface area contributed by atoms with Crippen molar-refractivity contribution in [3.63, 3.8) is 0 Å². The third-order valence-electron chi connectivity index (χ3n) is 4.74. The van der Waals surface area contributed by atoms with E-state index in [0.29, 0.717) is 17.9 Å². The van der Waals surface area contributed by atoms with E-state index in [0.717, 1.165) is 27.3 Å². The molecule has 1 N–H and O–H groups in total. The highest BCUT2D eigenvalue weighted by Gasteiger charge is 2.31. The minimum atomic E-state index is -3.69. The SMILES string of the molecule is CC[C@@H](C(=O)NCc1nc(-c2cccc(C)c2)no1)N(c1cccc(C)c1)S(C)(=O)=O. The molecule has 0 fully saturated rings. The zero-order valence-corrected chi connectivity index (χ0v) is 18.8. The molecule has 1 amide bonds. The smallest absolute Gasteiger partial charge is 0.246 e. The van der Waals surface area contributed by atoms with Crippen LogP contribution in [0.2, 0.25) is 0 Å². The molecule has 0 radical (unpaired) electrons. The minimum Gasteiger partial charge on any atom is -0.345 e. The molecule has 1 aromatic heterocycles. The number of hydrogen-bond acceptors (Lipinski definition) is 6. The lowest BCUT2D eigenvalue weighted by molar-refractivity contribution is -0.122. The lowest BCUT2D eigenvalue weighted by atomic mass is 10.1. The van der Waals surface area contributed by atoms with Crippen molar-refractivity contribution in [1.82, 2.24) is 15.5 Å². The maximum absolute atomic E-state index is 12.9. The average Bonchev–Trinajstić information content (AvgIpc) is 3.18. The summed E-state index contributed by atoms with van der Waals surface area (Å²) in [6.45, 7) is 5.60. The van der Waals surface area contributed by atoms with Crippen LogP contribution in [0.5, 0.6) is 0 Å². The number of sulfonamides is 1. The summed E-state index contributed by atoms with van der Waals surface area (Å²) in [4.78, 5) is 17.2. The van der Waals surface area contributed by atoms with Gasteiger partial charge in [0.25, 0.3) is 0 Å². The van der Waals surface area contributed by atoms with Gasteiger partial charge < -0.3 is 9.84 Å². The van der Waals surface area contributed by atoms with Gasteiger partial charge in [-0.2, -0.15) is 4.98 Å². The second kappa shape index (κ2) is 9.30. The highest BCUT2D eigenvalue weighted by Crippen LogP contribution is 2.23. The summed E-state index contributed by atoms with van der Waals surface area (Å²) in [7, 11) is -3.69. The van der Waals surface area contributed by atoms with Crippen LogP contribution in [-0.2, 0) is 21.4 Å². The summed E-state index contributed by atoms with van der Waals surface area (Å²) in [6, 6.07) is 13.8. The van der Waals surface area contributed by atoms with E-state index in [-0.39, 0.29) is 12.4 Å². The number of carbonyl (C=O) groups excluding carboxylic acids is 1. The fourth-order valence-electron chi connectivity index (χ4n) is 3.33. The van der Waals surface area contributed by atoms with Crippen molar-refractivity contribution in [3.8, 4) is 11.4 Å². The van der Waals surface area contributed by atoms with Crippen LogP contribution in [0.1, 0.15) is 30.4 Å². The predicted octanol–water partition coefficient (Wildman–Crippen LogP) is 3.21. The van der Waals surface area contributed by atoms with Crippen LogP contribution in [0.25, 0.3) is 11.4 Å². The third kappa shape index (κ3) is 5.49. The van der Waals surface area contributed by atoms with E-state index in [4.69, 9.17) is 4.52 Å². The maximum atomic E-state index is 12.9. The molecular weight excluding hydrogens is 416 g/mol. The first-order valence-corrected chi connectivity index (χ1v) is 11.8. The summed E-state index contributed by atoms with van der Waals surface area (Å²) in [5, 5.41) is 6.68. The Hall–Kier alpha value is -3.20. The number of aryl methyl sites for hydroxylation is 2. The zero-order chi connectivity index (χ0) is 22.6. The molecule has 8 nitrogen and oxygen atoms in total. The third-order valence-corrected chi connectivity index (χ3v) is 5.92. The Balaban J connectivity index is 1.76. The van der Waals surface area contributed by atoms with E-state index in [1.807, 2.05) is 44.2 Å². The van der Waals surface area contributed by atoms with E-state index in [9.17, 15) is 13.2 Å². The van der Waals surface area contributed by atoms with Gasteiger partial charge in [0.15, 0.2) is 0 Å². The lowest BCUT2D eigenvalue weighted by Crippen LogP contribution is -2.49. The number of anilines is 1. The van der Waals surface area contributed by atoms with E-state index in [1.54, 1.807) is 25.1 Å². The molecule has 0 saturated carbocycles. The van der Waals surface area contributed by atoms with E-state index in [2.05, 4.69) is 15.5 Å². The van der Waals surface area contributed by atoms with E-state index < -0.39 is 22.0 Å². The molecule has 1 heterocycles. The minimum absolute atomic E-state index is 0.000428. The summed E-state index contributed by atoms with van der Waals surface area (Å²) >= 11 is 0. The summed E-state index contributed by atoms with van der Waals surface area (Å²) in [5.41, 5.74) is 3.23. The molecule has 0 saturated heterocycles. The van der Waals surface area contributed by atoms with Crippen molar-refractivity contribution in [2.45, 2.75) is 39.8 Å². The molecule has 0 unspecified atom stereocenters. The highest BCUT2D eigenvalue weighted by atomic mass is 32.2. The molecule has 0 aliphatic carbocycles. The Kier molecular flexibility index (Phi) is 6.74. The fourth-order valence-corrected chi connectivity index (χ4v) is 4.54. The Bertz CT molecular complexity index is 1170. The van der Waals surface area contributed by atoms with Gasteiger partial charge in [0.2, 0.25) is 27.6 Å². The van der Waals surface area contributed by atoms with Crippen LogP contribution in [-0.4, -0.2) is 36.8 Å². The van der Waals surface area contributed by atoms with Gasteiger partial charge in [-0.25, -0.2) is 8.42 Å². The van der Waals surface area contributed by atoms with Crippen molar-refractivity contribution >= 4 is 21.6 Å². The van der Waals surface area contributed by atoms with Gasteiger partial charge in [0.05, 0.1) is 18.5 Å². The van der Waals surface area contributed by atoms with Crippen LogP contribution in [0.4, 0.5) is 5.69 Å². The first kappa shape index (κ1) is 22.5. The van der Waals surface area contributed by atoms with Gasteiger partial charge in [-0.3, -0.25) is 9.10 Å². The first-order valence-electron chi connectivity index (χ1n) is 9.92. The van der Waals surface area contributed by atoms with E-state index in [1.165, 1.54) is 0 Å². The van der Waals surface area contributed by atoms with Crippen molar-refractivity contribution in [1.29, 1.82) is 0 Å². The van der Waals surface area contributed by atoms with Crippen LogP contribution >= 0.6 is 0 Å². The molecule has 1 atom stereocenters. The Labute approximate surface area is 182 Å². The quantitative estimate of drug-likeness (QED) is 0.574. The van der Waals surface area contributed by atoms with Crippen LogP contribution in [0, 0.1) is 13.8 Å². The molecule has 0 bridgehead atoms. The number of hydrogen-bond donors (Lipinski definition) is 1. The van der Waals surface area contributed by atoms with Gasteiger partial charge in [-0.05, 0) is 44.0 Å². The second-order valence-electron chi connectivity index (χ2n) is 7.42. The van der Waals surface area contributed by atoms with Crippen molar-refractivity contribution in [2.24, 2.45) is 0 Å². The monoisotopic (exact) mass is 442 g/mol. The molecule has 9 heteroatoms. The predicted molar refractivity (Wildman–Crippen MR) is 119 cm³/mol. The first-order chi connectivity index (χ1) is 14.7. The molecule has 0 aliphatic heterocycles. The van der Waals surface area contributed by atoms with E-state index >= 15 is 0 Å². The maximum Gasteiger partial charge on any atom is 0.246 e. The van der Waals surface area contributed by atoms with Gasteiger partial charge in [0.1, 0.15) is 6.04 Å². The average molecular weight is 443 g/mol. The van der Waals surface area contributed by atoms with Crippen molar-refractivity contribution < 1.29 is 17.7 Å². The fraction of sp³-hybridized carbons (Fsp3) is 0.318. The van der Waals surface area contributed by atoms with Crippen molar-refractivity contribution in [2.75, 3.05) is 10.6 Å². The van der Waals surface area contributed by atoms with Crippen LogP contribution < -0.4 is 9.62 Å². The number of rotatable bonds is 8. The number of benzene rings is 2. The largest absolute Gasteiger partial charge is 0.345 e.